The number of aliphatic hydroxyl groups excluding tert-OH is 1. The molecule has 1 saturated heterocycles. The van der Waals surface area contributed by atoms with Crippen LogP contribution in [-0.4, -0.2) is 34.8 Å². The first-order valence-electron chi connectivity index (χ1n) is 5.43. The topological polar surface area (TPSA) is 49.2 Å². The summed E-state index contributed by atoms with van der Waals surface area (Å²) < 4.78 is 0. The first-order chi connectivity index (χ1) is 7.22. The Labute approximate surface area is 90.0 Å². The molecule has 1 N–H and O–H groups in total. The Balaban J connectivity index is 2.12. The molecule has 2 heterocycles. The van der Waals surface area contributed by atoms with E-state index >= 15 is 0 Å². The maximum Gasteiger partial charge on any atom is 0.132 e. The van der Waals surface area contributed by atoms with Gasteiger partial charge < -0.3 is 10.0 Å². The van der Waals surface area contributed by atoms with Crippen molar-refractivity contribution in [2.45, 2.75) is 20.3 Å². The normalized spacial score (nSPS) is 16.6. The van der Waals surface area contributed by atoms with E-state index in [4.69, 9.17) is 5.11 Å². The minimum absolute atomic E-state index is 0.279. The zero-order chi connectivity index (χ0) is 10.8. The van der Waals surface area contributed by atoms with Gasteiger partial charge in [-0.15, -0.1) is 0 Å². The van der Waals surface area contributed by atoms with E-state index in [2.05, 4.69) is 21.8 Å². The number of aromatic nitrogens is 2. The fourth-order valence-electron chi connectivity index (χ4n) is 1.83. The lowest BCUT2D eigenvalue weighted by molar-refractivity contribution is 0.200. The summed E-state index contributed by atoms with van der Waals surface area (Å²) in [5.41, 5.74) is 1.09. The highest BCUT2D eigenvalue weighted by Crippen LogP contribution is 2.22. The van der Waals surface area contributed by atoms with Crippen molar-refractivity contribution in [1.29, 1.82) is 0 Å². The van der Waals surface area contributed by atoms with E-state index in [1.807, 2.05) is 13.0 Å². The summed E-state index contributed by atoms with van der Waals surface area (Å²) in [4.78, 5) is 10.9. The average molecular weight is 207 g/mol. The molecule has 0 aliphatic carbocycles. The third kappa shape index (κ3) is 2.09. The third-order valence-electron chi connectivity index (χ3n) is 2.78. The minimum atomic E-state index is 0.279. The van der Waals surface area contributed by atoms with Crippen LogP contribution in [0.1, 0.15) is 18.4 Å². The number of anilines is 1. The molecule has 0 bridgehead atoms. The molecule has 1 aromatic rings. The van der Waals surface area contributed by atoms with Gasteiger partial charge in [0.2, 0.25) is 0 Å². The molecule has 82 valence electrons. The quantitative estimate of drug-likeness (QED) is 0.795. The van der Waals surface area contributed by atoms with Gasteiger partial charge in [-0.3, -0.25) is 0 Å². The van der Waals surface area contributed by atoms with Crippen LogP contribution in [0.2, 0.25) is 0 Å². The molecule has 0 unspecified atom stereocenters. The van der Waals surface area contributed by atoms with Gasteiger partial charge in [0.05, 0.1) is 0 Å². The second-order valence-corrected chi connectivity index (χ2v) is 4.07. The summed E-state index contributed by atoms with van der Waals surface area (Å²) >= 11 is 0. The average Bonchev–Trinajstić information content (AvgIpc) is 2.15. The van der Waals surface area contributed by atoms with Crippen LogP contribution in [0.3, 0.4) is 0 Å². The standard InChI is InChI=1S/C11H17N3O/c1-3-10-4-11(13-8(2)12-10)14-5-9(6-14)7-15/h4,9,15H,3,5-7H2,1-2H3. The van der Waals surface area contributed by atoms with Crippen molar-refractivity contribution >= 4 is 5.82 Å². The van der Waals surface area contributed by atoms with E-state index in [-0.39, 0.29) is 6.61 Å². The predicted molar refractivity (Wildman–Crippen MR) is 58.9 cm³/mol. The van der Waals surface area contributed by atoms with Crippen LogP contribution < -0.4 is 4.90 Å². The van der Waals surface area contributed by atoms with E-state index in [1.165, 1.54) is 0 Å². The molecule has 0 atom stereocenters. The van der Waals surface area contributed by atoms with Crippen LogP contribution in [0.15, 0.2) is 6.07 Å². The number of hydrogen-bond donors (Lipinski definition) is 1. The summed E-state index contributed by atoms with van der Waals surface area (Å²) in [6.07, 6.45) is 0.938. The molecule has 1 aliphatic heterocycles. The van der Waals surface area contributed by atoms with Crippen LogP contribution in [0.25, 0.3) is 0 Å². The van der Waals surface area contributed by atoms with Crippen LogP contribution in [0.5, 0.6) is 0 Å². The lowest BCUT2D eigenvalue weighted by Crippen LogP contribution is -2.48. The van der Waals surface area contributed by atoms with Crippen molar-refractivity contribution in [3.8, 4) is 0 Å². The molecular weight excluding hydrogens is 190 g/mol. The monoisotopic (exact) mass is 207 g/mol. The van der Waals surface area contributed by atoms with E-state index in [1.54, 1.807) is 0 Å². The summed E-state index contributed by atoms with van der Waals surface area (Å²) in [6.45, 7) is 6.12. The van der Waals surface area contributed by atoms with Gasteiger partial charge in [0.1, 0.15) is 11.6 Å². The van der Waals surface area contributed by atoms with E-state index < -0.39 is 0 Å². The zero-order valence-electron chi connectivity index (χ0n) is 9.27. The van der Waals surface area contributed by atoms with Crippen molar-refractivity contribution in [2.24, 2.45) is 5.92 Å². The highest BCUT2D eigenvalue weighted by atomic mass is 16.3. The first-order valence-corrected chi connectivity index (χ1v) is 5.43. The van der Waals surface area contributed by atoms with Gasteiger partial charge in [-0.05, 0) is 13.3 Å². The van der Waals surface area contributed by atoms with Gasteiger partial charge in [-0.1, -0.05) is 6.92 Å². The number of aryl methyl sites for hydroxylation is 2. The van der Waals surface area contributed by atoms with Gasteiger partial charge in [-0.25, -0.2) is 9.97 Å². The Bertz CT molecular complexity index is 348. The van der Waals surface area contributed by atoms with Crippen molar-refractivity contribution in [3.63, 3.8) is 0 Å². The highest BCUT2D eigenvalue weighted by molar-refractivity contribution is 5.42. The van der Waals surface area contributed by atoms with Crippen LogP contribution in [-0.2, 0) is 6.42 Å². The van der Waals surface area contributed by atoms with Gasteiger partial charge >= 0.3 is 0 Å². The number of rotatable bonds is 3. The summed E-state index contributed by atoms with van der Waals surface area (Å²) in [5, 5.41) is 8.95. The highest BCUT2D eigenvalue weighted by Gasteiger charge is 2.27. The lowest BCUT2D eigenvalue weighted by Gasteiger charge is -2.39. The smallest absolute Gasteiger partial charge is 0.132 e. The summed E-state index contributed by atoms with van der Waals surface area (Å²) in [7, 11) is 0. The molecule has 0 radical (unpaired) electrons. The molecular formula is C11H17N3O. The molecule has 4 heteroatoms. The van der Waals surface area contributed by atoms with E-state index in [9.17, 15) is 0 Å². The van der Waals surface area contributed by atoms with Crippen molar-refractivity contribution in [1.82, 2.24) is 9.97 Å². The van der Waals surface area contributed by atoms with Gasteiger partial charge in [0.15, 0.2) is 0 Å². The fraction of sp³-hybridized carbons (Fsp3) is 0.636. The van der Waals surface area contributed by atoms with E-state index in [0.29, 0.717) is 5.92 Å². The molecule has 4 nitrogen and oxygen atoms in total. The largest absolute Gasteiger partial charge is 0.396 e. The molecule has 0 saturated carbocycles. The Kier molecular flexibility index (Phi) is 2.86. The zero-order valence-corrected chi connectivity index (χ0v) is 9.27. The second kappa shape index (κ2) is 4.14. The minimum Gasteiger partial charge on any atom is -0.396 e. The molecule has 2 rings (SSSR count). The van der Waals surface area contributed by atoms with Gasteiger partial charge in [0, 0.05) is 37.4 Å². The summed E-state index contributed by atoms with van der Waals surface area (Å²) in [6, 6.07) is 2.04. The molecule has 0 aromatic carbocycles. The predicted octanol–water partition coefficient (Wildman–Crippen LogP) is 0.776. The fourth-order valence-corrected chi connectivity index (χ4v) is 1.83. The SMILES string of the molecule is CCc1cc(N2CC(CO)C2)nc(C)n1. The maximum absolute atomic E-state index is 8.95. The third-order valence-corrected chi connectivity index (χ3v) is 2.78. The Morgan fingerprint density at radius 1 is 1.47 bits per heavy atom. The molecule has 15 heavy (non-hydrogen) atoms. The molecule has 1 aromatic heterocycles. The molecule has 0 amide bonds. The molecule has 1 fully saturated rings. The molecule has 0 spiro atoms. The van der Waals surface area contributed by atoms with Crippen molar-refractivity contribution in [3.05, 3.63) is 17.6 Å². The Morgan fingerprint density at radius 2 is 2.20 bits per heavy atom. The number of aliphatic hydroxyl groups is 1. The number of hydrogen-bond acceptors (Lipinski definition) is 4. The Hall–Kier alpha value is -1.16. The van der Waals surface area contributed by atoms with Crippen LogP contribution in [0.4, 0.5) is 5.82 Å². The Morgan fingerprint density at radius 3 is 2.80 bits per heavy atom. The second-order valence-electron chi connectivity index (χ2n) is 4.07. The van der Waals surface area contributed by atoms with Crippen LogP contribution >= 0.6 is 0 Å². The van der Waals surface area contributed by atoms with Gasteiger partial charge in [-0.2, -0.15) is 0 Å². The lowest BCUT2D eigenvalue weighted by atomic mass is 10.0. The van der Waals surface area contributed by atoms with Gasteiger partial charge in [0.25, 0.3) is 0 Å². The van der Waals surface area contributed by atoms with E-state index in [0.717, 1.165) is 36.8 Å². The summed E-state index contributed by atoms with van der Waals surface area (Å²) in [5.74, 6) is 2.26. The van der Waals surface area contributed by atoms with Crippen molar-refractivity contribution in [2.75, 3.05) is 24.6 Å². The first kappa shape index (κ1) is 10.4. The number of nitrogens with zero attached hydrogens (tertiary/aromatic N) is 3. The maximum atomic E-state index is 8.95. The molecule has 1 aliphatic rings. The van der Waals surface area contributed by atoms with Crippen LogP contribution in [0, 0.1) is 12.8 Å². The van der Waals surface area contributed by atoms with Crippen molar-refractivity contribution < 1.29 is 5.11 Å².